The van der Waals surface area contributed by atoms with Crippen LogP contribution in [0.4, 0.5) is 0 Å². The van der Waals surface area contributed by atoms with Crippen molar-refractivity contribution in [1.82, 2.24) is 5.32 Å². The van der Waals surface area contributed by atoms with Gasteiger partial charge in [-0.15, -0.1) is 0 Å². The molecule has 0 amide bonds. The van der Waals surface area contributed by atoms with Crippen molar-refractivity contribution in [3.63, 3.8) is 0 Å². The van der Waals surface area contributed by atoms with Crippen LogP contribution in [0, 0.1) is 0 Å². The minimum absolute atomic E-state index is 0.521. The van der Waals surface area contributed by atoms with E-state index >= 15 is 0 Å². The van der Waals surface area contributed by atoms with Gasteiger partial charge in [-0.05, 0) is 62.6 Å². The van der Waals surface area contributed by atoms with Crippen LogP contribution in [0.1, 0.15) is 49.1 Å². The molecule has 1 aliphatic carbocycles. The third-order valence-electron chi connectivity index (χ3n) is 4.86. The van der Waals surface area contributed by atoms with Crippen molar-refractivity contribution in [2.24, 2.45) is 0 Å². The van der Waals surface area contributed by atoms with Crippen molar-refractivity contribution in [2.75, 3.05) is 13.7 Å². The number of rotatable bonds is 5. The summed E-state index contributed by atoms with van der Waals surface area (Å²) in [6.07, 6.45) is 8.03. The summed E-state index contributed by atoms with van der Waals surface area (Å²) in [4.78, 5) is 0. The summed E-state index contributed by atoms with van der Waals surface area (Å²) in [5.41, 5.74) is 3.14. The molecule has 3 rings (SSSR count). The Hall–Kier alpha value is -0.860. The van der Waals surface area contributed by atoms with Gasteiger partial charge in [0.15, 0.2) is 0 Å². The number of benzene rings is 1. The quantitative estimate of drug-likeness (QED) is 0.876. The van der Waals surface area contributed by atoms with Gasteiger partial charge in [0.2, 0.25) is 0 Å². The smallest absolute Gasteiger partial charge is 0.0576 e. The molecule has 3 atom stereocenters. The molecule has 0 bridgehead atoms. The van der Waals surface area contributed by atoms with Crippen LogP contribution in [0.25, 0.3) is 0 Å². The van der Waals surface area contributed by atoms with Crippen LogP contribution in [0.5, 0.6) is 0 Å². The fourth-order valence-corrected chi connectivity index (χ4v) is 3.79. The highest BCUT2D eigenvalue weighted by atomic mass is 16.5. The largest absolute Gasteiger partial charge is 0.378 e. The van der Waals surface area contributed by atoms with E-state index in [1.807, 2.05) is 0 Å². The Morgan fingerprint density at radius 1 is 1.32 bits per heavy atom. The van der Waals surface area contributed by atoms with E-state index in [1.54, 1.807) is 11.1 Å². The first-order valence-electron chi connectivity index (χ1n) is 7.75. The van der Waals surface area contributed by atoms with Gasteiger partial charge in [-0.3, -0.25) is 0 Å². The average molecular weight is 259 g/mol. The third kappa shape index (κ3) is 2.85. The molecular weight excluding hydrogens is 234 g/mol. The first-order valence-corrected chi connectivity index (χ1v) is 7.75. The Kier molecular flexibility index (Phi) is 4.19. The molecule has 3 unspecified atom stereocenters. The Labute approximate surface area is 116 Å². The Balaban J connectivity index is 1.62. The van der Waals surface area contributed by atoms with Gasteiger partial charge in [0.25, 0.3) is 0 Å². The van der Waals surface area contributed by atoms with E-state index in [9.17, 15) is 0 Å². The van der Waals surface area contributed by atoms with E-state index in [1.165, 1.54) is 38.5 Å². The van der Waals surface area contributed by atoms with Crippen molar-refractivity contribution >= 4 is 0 Å². The van der Waals surface area contributed by atoms with Crippen molar-refractivity contribution in [3.05, 3.63) is 35.4 Å². The van der Waals surface area contributed by atoms with Gasteiger partial charge < -0.3 is 10.1 Å². The van der Waals surface area contributed by atoms with Crippen molar-refractivity contribution in [2.45, 2.75) is 56.6 Å². The SMILES string of the molecule is CNC(CCC1CCCO1)C1CCc2ccccc21. The molecule has 0 spiro atoms. The number of likely N-dealkylation sites (N-methyl/N-ethyl adjacent to an activating group) is 1. The molecule has 1 saturated heterocycles. The number of ether oxygens (including phenoxy) is 1. The zero-order chi connectivity index (χ0) is 13.1. The zero-order valence-electron chi connectivity index (χ0n) is 11.9. The fraction of sp³-hybridized carbons (Fsp3) is 0.647. The first kappa shape index (κ1) is 13.1. The molecule has 0 aromatic heterocycles. The summed E-state index contributed by atoms with van der Waals surface area (Å²) in [5.74, 6) is 0.697. The van der Waals surface area contributed by atoms with E-state index in [0.29, 0.717) is 18.1 Å². The van der Waals surface area contributed by atoms with Gasteiger partial charge in [-0.25, -0.2) is 0 Å². The molecule has 1 aliphatic heterocycles. The minimum Gasteiger partial charge on any atom is -0.378 e. The van der Waals surface area contributed by atoms with Crippen LogP contribution in [-0.4, -0.2) is 25.8 Å². The summed E-state index contributed by atoms with van der Waals surface area (Å²) in [5, 5.41) is 3.55. The molecule has 1 heterocycles. The maximum absolute atomic E-state index is 5.75. The second-order valence-electron chi connectivity index (χ2n) is 5.95. The summed E-state index contributed by atoms with van der Waals surface area (Å²) in [7, 11) is 2.11. The van der Waals surface area contributed by atoms with Gasteiger partial charge in [0, 0.05) is 12.6 Å². The Bertz CT molecular complexity index is 411. The second kappa shape index (κ2) is 6.06. The van der Waals surface area contributed by atoms with Crippen LogP contribution in [0.2, 0.25) is 0 Å². The highest BCUT2D eigenvalue weighted by Gasteiger charge is 2.29. The Morgan fingerprint density at radius 3 is 3.00 bits per heavy atom. The molecule has 1 fully saturated rings. The van der Waals surface area contributed by atoms with Crippen molar-refractivity contribution in [3.8, 4) is 0 Å². The molecule has 0 saturated carbocycles. The molecule has 2 aliphatic rings. The normalized spacial score (nSPS) is 27.4. The minimum atomic E-state index is 0.521. The highest BCUT2D eigenvalue weighted by Crippen LogP contribution is 2.37. The third-order valence-corrected chi connectivity index (χ3v) is 4.86. The van der Waals surface area contributed by atoms with Gasteiger partial charge >= 0.3 is 0 Å². The van der Waals surface area contributed by atoms with Crippen LogP contribution in [0.15, 0.2) is 24.3 Å². The Morgan fingerprint density at radius 2 is 2.21 bits per heavy atom. The standard InChI is InChI=1S/C17H25NO/c1-18-17(11-9-14-6-4-12-19-14)16-10-8-13-5-2-3-7-15(13)16/h2-3,5,7,14,16-18H,4,6,8-12H2,1H3. The lowest BCUT2D eigenvalue weighted by atomic mass is 9.89. The summed E-state index contributed by atoms with van der Waals surface area (Å²) >= 11 is 0. The molecular formula is C17H25NO. The molecule has 2 heteroatoms. The number of hydrogen-bond acceptors (Lipinski definition) is 2. The zero-order valence-corrected chi connectivity index (χ0v) is 11.9. The van der Waals surface area contributed by atoms with Gasteiger partial charge in [0.1, 0.15) is 0 Å². The lowest BCUT2D eigenvalue weighted by Gasteiger charge is -2.25. The molecule has 104 valence electrons. The molecule has 19 heavy (non-hydrogen) atoms. The van der Waals surface area contributed by atoms with E-state index in [0.717, 1.165) is 6.61 Å². The molecule has 1 aromatic rings. The predicted molar refractivity (Wildman–Crippen MR) is 78.6 cm³/mol. The highest BCUT2D eigenvalue weighted by molar-refractivity contribution is 5.36. The van der Waals surface area contributed by atoms with Gasteiger partial charge in [0.05, 0.1) is 6.10 Å². The molecule has 2 nitrogen and oxygen atoms in total. The maximum atomic E-state index is 5.75. The lowest BCUT2D eigenvalue weighted by molar-refractivity contribution is 0.0988. The molecule has 1 aromatic carbocycles. The molecule has 1 N–H and O–H groups in total. The number of aryl methyl sites for hydroxylation is 1. The van der Waals surface area contributed by atoms with Gasteiger partial charge in [-0.2, -0.15) is 0 Å². The number of hydrogen-bond donors (Lipinski definition) is 1. The monoisotopic (exact) mass is 259 g/mol. The van der Waals surface area contributed by atoms with Crippen LogP contribution in [-0.2, 0) is 11.2 Å². The maximum Gasteiger partial charge on any atom is 0.0576 e. The predicted octanol–water partition coefficient (Wildman–Crippen LogP) is 3.26. The van der Waals surface area contributed by atoms with E-state index < -0.39 is 0 Å². The summed E-state index contributed by atoms with van der Waals surface area (Å²) in [6.45, 7) is 0.973. The van der Waals surface area contributed by atoms with Crippen molar-refractivity contribution < 1.29 is 4.74 Å². The topological polar surface area (TPSA) is 21.3 Å². The average Bonchev–Trinajstić information content (AvgIpc) is 3.09. The van der Waals surface area contributed by atoms with Crippen LogP contribution < -0.4 is 5.32 Å². The van der Waals surface area contributed by atoms with Gasteiger partial charge in [-0.1, -0.05) is 24.3 Å². The second-order valence-corrected chi connectivity index (χ2v) is 5.95. The lowest BCUT2D eigenvalue weighted by Crippen LogP contribution is -2.32. The summed E-state index contributed by atoms with van der Waals surface area (Å²) < 4.78 is 5.75. The molecule has 0 radical (unpaired) electrons. The van der Waals surface area contributed by atoms with E-state index in [4.69, 9.17) is 4.74 Å². The van der Waals surface area contributed by atoms with Crippen molar-refractivity contribution in [1.29, 1.82) is 0 Å². The number of nitrogens with one attached hydrogen (secondary N) is 1. The van der Waals surface area contributed by atoms with E-state index in [-0.39, 0.29) is 0 Å². The fourth-order valence-electron chi connectivity index (χ4n) is 3.79. The number of fused-ring (bicyclic) bond motifs is 1. The summed E-state index contributed by atoms with van der Waals surface area (Å²) in [6, 6.07) is 9.57. The van der Waals surface area contributed by atoms with E-state index in [2.05, 4.69) is 36.6 Å². The van der Waals surface area contributed by atoms with Crippen LogP contribution in [0.3, 0.4) is 0 Å². The first-order chi connectivity index (χ1) is 9.38. The van der Waals surface area contributed by atoms with Crippen LogP contribution >= 0.6 is 0 Å².